The van der Waals surface area contributed by atoms with Crippen molar-refractivity contribution in [3.05, 3.63) is 59.7 Å². The van der Waals surface area contributed by atoms with E-state index < -0.39 is 6.04 Å². The zero-order valence-corrected chi connectivity index (χ0v) is 16.9. The SMILES string of the molecule is CCNC(=O)C(C)N(Cc1ccccc1C)C(=O)COc1ccccc1OC. The molecule has 28 heavy (non-hydrogen) atoms. The van der Waals surface area contributed by atoms with E-state index in [1.807, 2.05) is 50.2 Å². The Hall–Kier alpha value is -3.02. The molecule has 6 nitrogen and oxygen atoms in total. The van der Waals surface area contributed by atoms with Crippen LogP contribution in [0, 0.1) is 6.92 Å². The van der Waals surface area contributed by atoms with E-state index in [1.54, 1.807) is 31.1 Å². The van der Waals surface area contributed by atoms with Crippen molar-refractivity contribution in [1.29, 1.82) is 0 Å². The lowest BCUT2D eigenvalue weighted by Crippen LogP contribution is -2.49. The van der Waals surface area contributed by atoms with Crippen molar-refractivity contribution in [1.82, 2.24) is 10.2 Å². The van der Waals surface area contributed by atoms with Gasteiger partial charge in [-0.2, -0.15) is 0 Å². The molecule has 2 aromatic carbocycles. The summed E-state index contributed by atoms with van der Waals surface area (Å²) in [6.07, 6.45) is 0. The number of nitrogens with zero attached hydrogens (tertiary/aromatic N) is 1. The summed E-state index contributed by atoms with van der Waals surface area (Å²) in [7, 11) is 1.55. The summed E-state index contributed by atoms with van der Waals surface area (Å²) < 4.78 is 10.9. The smallest absolute Gasteiger partial charge is 0.261 e. The molecule has 0 aromatic heterocycles. The number of methoxy groups -OCH3 is 1. The Morgan fingerprint density at radius 1 is 1.07 bits per heavy atom. The molecular weight excluding hydrogens is 356 g/mol. The third-order valence-electron chi connectivity index (χ3n) is 4.54. The summed E-state index contributed by atoms with van der Waals surface area (Å²) in [6.45, 7) is 6.22. The largest absolute Gasteiger partial charge is 0.493 e. The minimum atomic E-state index is -0.617. The van der Waals surface area contributed by atoms with Gasteiger partial charge in [-0.15, -0.1) is 0 Å². The van der Waals surface area contributed by atoms with Crippen molar-refractivity contribution in [3.63, 3.8) is 0 Å². The quantitative estimate of drug-likeness (QED) is 0.722. The van der Waals surface area contributed by atoms with Gasteiger partial charge in [-0.3, -0.25) is 9.59 Å². The minimum absolute atomic E-state index is 0.185. The van der Waals surface area contributed by atoms with Crippen LogP contribution in [-0.2, 0) is 16.1 Å². The van der Waals surface area contributed by atoms with Crippen LogP contribution >= 0.6 is 0 Å². The van der Waals surface area contributed by atoms with Gasteiger partial charge in [0.25, 0.3) is 5.91 Å². The van der Waals surface area contributed by atoms with E-state index in [2.05, 4.69) is 5.32 Å². The number of aryl methyl sites for hydroxylation is 1. The molecule has 6 heteroatoms. The van der Waals surface area contributed by atoms with Gasteiger partial charge in [0.05, 0.1) is 7.11 Å². The van der Waals surface area contributed by atoms with Crippen LogP contribution in [-0.4, -0.2) is 43.0 Å². The third kappa shape index (κ3) is 5.49. The Kier molecular flexibility index (Phi) is 7.87. The van der Waals surface area contributed by atoms with Gasteiger partial charge in [-0.1, -0.05) is 36.4 Å². The molecule has 0 fully saturated rings. The average Bonchev–Trinajstić information content (AvgIpc) is 2.71. The van der Waals surface area contributed by atoms with Crippen LogP contribution < -0.4 is 14.8 Å². The molecule has 0 aliphatic carbocycles. The van der Waals surface area contributed by atoms with Crippen molar-refractivity contribution in [2.24, 2.45) is 0 Å². The lowest BCUT2D eigenvalue weighted by molar-refractivity contribution is -0.142. The first-order valence-corrected chi connectivity index (χ1v) is 9.35. The number of rotatable bonds is 9. The Bertz CT molecular complexity index is 807. The standard InChI is InChI=1S/C22H28N2O4/c1-5-23-22(26)17(3)24(14-18-11-7-6-10-16(18)2)21(25)15-28-20-13-9-8-12-19(20)27-4/h6-13,17H,5,14-15H2,1-4H3,(H,23,26). The van der Waals surface area contributed by atoms with Crippen molar-refractivity contribution in [2.75, 3.05) is 20.3 Å². The molecule has 2 amide bonds. The lowest BCUT2D eigenvalue weighted by atomic mass is 10.1. The Balaban J connectivity index is 2.18. The molecule has 1 unspecified atom stereocenters. The van der Waals surface area contributed by atoms with Crippen molar-refractivity contribution >= 4 is 11.8 Å². The summed E-state index contributed by atoms with van der Waals surface area (Å²) in [5.74, 6) is 0.576. The molecule has 0 bridgehead atoms. The zero-order valence-electron chi connectivity index (χ0n) is 16.9. The van der Waals surface area contributed by atoms with Gasteiger partial charge in [-0.05, 0) is 44.0 Å². The fourth-order valence-electron chi connectivity index (χ4n) is 2.84. The Labute approximate surface area is 166 Å². The van der Waals surface area contributed by atoms with E-state index in [4.69, 9.17) is 9.47 Å². The molecule has 2 aromatic rings. The molecule has 0 heterocycles. The van der Waals surface area contributed by atoms with Gasteiger partial charge in [0.15, 0.2) is 18.1 Å². The average molecular weight is 384 g/mol. The van der Waals surface area contributed by atoms with E-state index in [0.29, 0.717) is 24.6 Å². The van der Waals surface area contributed by atoms with E-state index >= 15 is 0 Å². The highest BCUT2D eigenvalue weighted by atomic mass is 16.5. The highest BCUT2D eigenvalue weighted by Gasteiger charge is 2.26. The van der Waals surface area contributed by atoms with E-state index in [9.17, 15) is 9.59 Å². The number of benzene rings is 2. The van der Waals surface area contributed by atoms with E-state index in [-0.39, 0.29) is 18.4 Å². The minimum Gasteiger partial charge on any atom is -0.493 e. The highest BCUT2D eigenvalue weighted by Crippen LogP contribution is 2.26. The maximum Gasteiger partial charge on any atom is 0.261 e. The lowest BCUT2D eigenvalue weighted by Gasteiger charge is -2.29. The van der Waals surface area contributed by atoms with Crippen LogP contribution in [0.2, 0.25) is 0 Å². The number of ether oxygens (including phenoxy) is 2. The predicted octanol–water partition coefficient (Wildman–Crippen LogP) is 2.94. The van der Waals surface area contributed by atoms with Gasteiger partial charge in [0.1, 0.15) is 6.04 Å². The van der Waals surface area contributed by atoms with Crippen molar-refractivity contribution in [3.8, 4) is 11.5 Å². The fourth-order valence-corrected chi connectivity index (χ4v) is 2.84. The van der Waals surface area contributed by atoms with E-state index in [1.165, 1.54) is 0 Å². The molecule has 0 spiro atoms. The second kappa shape index (κ2) is 10.3. The third-order valence-corrected chi connectivity index (χ3v) is 4.54. The van der Waals surface area contributed by atoms with Crippen LogP contribution in [0.4, 0.5) is 0 Å². The summed E-state index contributed by atoms with van der Waals surface area (Å²) in [6, 6.07) is 14.3. The molecule has 0 saturated heterocycles. The monoisotopic (exact) mass is 384 g/mol. The van der Waals surface area contributed by atoms with Gasteiger partial charge >= 0.3 is 0 Å². The first-order chi connectivity index (χ1) is 13.5. The van der Waals surface area contributed by atoms with Crippen LogP contribution in [0.5, 0.6) is 11.5 Å². The predicted molar refractivity (Wildman–Crippen MR) is 108 cm³/mol. The second-order valence-corrected chi connectivity index (χ2v) is 6.46. The summed E-state index contributed by atoms with van der Waals surface area (Å²) in [5, 5.41) is 2.78. The topological polar surface area (TPSA) is 67.9 Å². The van der Waals surface area contributed by atoms with Crippen LogP contribution in [0.15, 0.2) is 48.5 Å². The molecule has 0 aliphatic heterocycles. The Morgan fingerprint density at radius 2 is 1.71 bits per heavy atom. The van der Waals surface area contributed by atoms with Gasteiger partial charge in [-0.25, -0.2) is 0 Å². The second-order valence-electron chi connectivity index (χ2n) is 6.46. The van der Waals surface area contributed by atoms with Crippen LogP contribution in [0.3, 0.4) is 0 Å². The number of amides is 2. The van der Waals surface area contributed by atoms with Crippen LogP contribution in [0.1, 0.15) is 25.0 Å². The molecular formula is C22H28N2O4. The molecule has 2 rings (SSSR count). The van der Waals surface area contributed by atoms with Crippen molar-refractivity contribution in [2.45, 2.75) is 33.4 Å². The maximum atomic E-state index is 13.0. The maximum absolute atomic E-state index is 13.0. The van der Waals surface area contributed by atoms with Gasteiger partial charge in [0, 0.05) is 13.1 Å². The zero-order chi connectivity index (χ0) is 20.5. The molecule has 1 atom stereocenters. The number of nitrogens with one attached hydrogen (secondary N) is 1. The van der Waals surface area contributed by atoms with Crippen molar-refractivity contribution < 1.29 is 19.1 Å². The molecule has 1 N–H and O–H groups in total. The van der Waals surface area contributed by atoms with Crippen LogP contribution in [0.25, 0.3) is 0 Å². The van der Waals surface area contributed by atoms with Gasteiger partial charge < -0.3 is 19.7 Å². The normalized spacial score (nSPS) is 11.4. The Morgan fingerprint density at radius 3 is 2.36 bits per heavy atom. The molecule has 0 saturated carbocycles. The number of hydrogen-bond donors (Lipinski definition) is 1. The number of para-hydroxylation sites is 2. The molecule has 150 valence electrons. The molecule has 0 radical (unpaired) electrons. The fraction of sp³-hybridized carbons (Fsp3) is 0.364. The first-order valence-electron chi connectivity index (χ1n) is 9.35. The first kappa shape index (κ1) is 21.3. The summed E-state index contributed by atoms with van der Waals surface area (Å²) in [4.78, 5) is 26.9. The molecule has 0 aliphatic rings. The number of hydrogen-bond acceptors (Lipinski definition) is 4. The summed E-state index contributed by atoms with van der Waals surface area (Å²) >= 11 is 0. The van der Waals surface area contributed by atoms with E-state index in [0.717, 1.165) is 11.1 Å². The number of carbonyl (C=O) groups excluding carboxylic acids is 2. The van der Waals surface area contributed by atoms with Gasteiger partial charge in [0.2, 0.25) is 5.91 Å². The highest BCUT2D eigenvalue weighted by molar-refractivity contribution is 5.88. The number of likely N-dealkylation sites (N-methyl/N-ethyl adjacent to an activating group) is 1. The summed E-state index contributed by atoms with van der Waals surface area (Å²) in [5.41, 5.74) is 2.05. The number of carbonyl (C=O) groups is 2.